The van der Waals surface area contributed by atoms with Crippen molar-refractivity contribution in [3.8, 4) is 0 Å². The van der Waals surface area contributed by atoms with Gasteiger partial charge in [-0.3, -0.25) is 9.67 Å². The average molecular weight is 267 g/mol. The smallest absolute Gasteiger partial charge is 0.0951 e. The second-order valence-electron chi connectivity index (χ2n) is 4.74. The van der Waals surface area contributed by atoms with Crippen molar-refractivity contribution in [3.05, 3.63) is 42.4 Å². The van der Waals surface area contributed by atoms with Crippen LogP contribution in [0.1, 0.15) is 12.6 Å². The molecular formula is C15H17N5. The van der Waals surface area contributed by atoms with E-state index in [4.69, 9.17) is 5.73 Å². The van der Waals surface area contributed by atoms with E-state index in [-0.39, 0.29) is 0 Å². The number of nitrogens with two attached hydrogens (primary N) is 1. The summed E-state index contributed by atoms with van der Waals surface area (Å²) in [6, 6.07) is 7.78. The highest BCUT2D eigenvalue weighted by Gasteiger charge is 2.09. The third kappa shape index (κ3) is 2.07. The van der Waals surface area contributed by atoms with Crippen molar-refractivity contribution >= 4 is 28.0 Å². The molecule has 3 rings (SSSR count). The molecular weight excluding hydrogens is 250 g/mol. The number of rotatable bonds is 3. The maximum absolute atomic E-state index is 5.97. The number of fused-ring (bicyclic) bond motifs is 1. The van der Waals surface area contributed by atoms with Crippen LogP contribution in [0, 0.1) is 0 Å². The largest absolute Gasteiger partial charge is 0.397 e. The molecule has 0 unspecified atom stereocenters. The molecule has 5 nitrogen and oxygen atoms in total. The number of hydrogen-bond acceptors (Lipinski definition) is 4. The molecule has 102 valence electrons. The third-order valence-corrected chi connectivity index (χ3v) is 3.31. The molecule has 3 aromatic rings. The second-order valence-corrected chi connectivity index (χ2v) is 4.74. The van der Waals surface area contributed by atoms with E-state index in [1.54, 1.807) is 6.20 Å². The minimum Gasteiger partial charge on any atom is -0.397 e. The molecule has 0 aliphatic rings. The average Bonchev–Trinajstić information content (AvgIpc) is 2.82. The van der Waals surface area contributed by atoms with Gasteiger partial charge >= 0.3 is 0 Å². The maximum Gasteiger partial charge on any atom is 0.0951 e. The quantitative estimate of drug-likeness (QED) is 0.716. The fourth-order valence-corrected chi connectivity index (χ4v) is 2.35. The number of aromatic nitrogens is 3. The molecule has 0 aliphatic carbocycles. The van der Waals surface area contributed by atoms with Gasteiger partial charge < -0.3 is 11.1 Å². The van der Waals surface area contributed by atoms with E-state index in [0.29, 0.717) is 5.69 Å². The predicted octanol–water partition coefficient (Wildman–Crippen LogP) is 2.86. The molecule has 0 bridgehead atoms. The van der Waals surface area contributed by atoms with Gasteiger partial charge in [-0.2, -0.15) is 5.10 Å². The van der Waals surface area contributed by atoms with Crippen molar-refractivity contribution in [1.82, 2.24) is 14.8 Å². The summed E-state index contributed by atoms with van der Waals surface area (Å²) in [4.78, 5) is 4.34. The summed E-state index contributed by atoms with van der Waals surface area (Å²) in [7, 11) is 1.92. The van der Waals surface area contributed by atoms with E-state index >= 15 is 0 Å². The Labute approximate surface area is 117 Å². The predicted molar refractivity (Wildman–Crippen MR) is 82.0 cm³/mol. The fourth-order valence-electron chi connectivity index (χ4n) is 2.35. The van der Waals surface area contributed by atoms with Gasteiger partial charge in [0.05, 0.1) is 22.6 Å². The van der Waals surface area contributed by atoms with Crippen LogP contribution in [0.3, 0.4) is 0 Å². The van der Waals surface area contributed by atoms with Crippen LogP contribution in [0.5, 0.6) is 0 Å². The van der Waals surface area contributed by atoms with E-state index in [1.807, 2.05) is 42.2 Å². The molecule has 2 heterocycles. The van der Waals surface area contributed by atoms with Gasteiger partial charge in [0.1, 0.15) is 0 Å². The number of nitrogens with one attached hydrogen (secondary N) is 1. The minimum absolute atomic E-state index is 0.688. The zero-order valence-electron chi connectivity index (χ0n) is 11.6. The van der Waals surface area contributed by atoms with Crippen LogP contribution in [-0.2, 0) is 13.5 Å². The van der Waals surface area contributed by atoms with Gasteiger partial charge in [-0.1, -0.05) is 6.92 Å². The van der Waals surface area contributed by atoms with Crippen LogP contribution < -0.4 is 11.1 Å². The number of nitrogens with zero attached hydrogens (tertiary/aromatic N) is 3. The lowest BCUT2D eigenvalue weighted by molar-refractivity contribution is 0.746. The molecule has 20 heavy (non-hydrogen) atoms. The van der Waals surface area contributed by atoms with E-state index in [2.05, 4.69) is 22.3 Å². The van der Waals surface area contributed by atoms with Gasteiger partial charge in [-0.15, -0.1) is 0 Å². The van der Waals surface area contributed by atoms with Crippen molar-refractivity contribution in [2.24, 2.45) is 7.05 Å². The highest BCUT2D eigenvalue weighted by atomic mass is 15.3. The Morgan fingerprint density at radius 2 is 2.10 bits per heavy atom. The topological polar surface area (TPSA) is 68.8 Å². The van der Waals surface area contributed by atoms with Crippen LogP contribution in [0.15, 0.2) is 36.7 Å². The number of aryl methyl sites for hydroxylation is 2. The van der Waals surface area contributed by atoms with Gasteiger partial charge in [0.2, 0.25) is 0 Å². The van der Waals surface area contributed by atoms with Gasteiger partial charge in [0, 0.05) is 30.5 Å². The van der Waals surface area contributed by atoms with Crippen LogP contribution in [-0.4, -0.2) is 14.8 Å². The Balaban J connectivity index is 2.09. The molecule has 0 saturated heterocycles. The van der Waals surface area contributed by atoms with E-state index < -0.39 is 0 Å². The minimum atomic E-state index is 0.688. The lowest BCUT2D eigenvalue weighted by Gasteiger charge is -2.10. The number of nitrogen functional groups attached to an aromatic ring is 1. The summed E-state index contributed by atoms with van der Waals surface area (Å²) in [5.41, 5.74) is 10.5. The van der Waals surface area contributed by atoms with Crippen molar-refractivity contribution < 1.29 is 0 Å². The number of pyridine rings is 1. The van der Waals surface area contributed by atoms with Crippen molar-refractivity contribution in [1.29, 1.82) is 0 Å². The molecule has 0 radical (unpaired) electrons. The third-order valence-electron chi connectivity index (χ3n) is 3.31. The summed E-state index contributed by atoms with van der Waals surface area (Å²) < 4.78 is 1.82. The number of benzene rings is 1. The van der Waals surface area contributed by atoms with E-state index in [1.165, 1.54) is 0 Å². The van der Waals surface area contributed by atoms with Crippen molar-refractivity contribution in [2.45, 2.75) is 13.3 Å². The highest BCUT2D eigenvalue weighted by molar-refractivity contribution is 5.99. The standard InChI is InChI=1S/C15H17N5/c1-3-12-14(9-20(2)19-12)18-13-7-6-11(16)15-10(13)5-4-8-17-15/h4-9,18H,3,16H2,1-2H3. The molecule has 0 spiro atoms. The number of hydrogen-bond donors (Lipinski definition) is 2. The molecule has 0 saturated carbocycles. The van der Waals surface area contributed by atoms with Crippen molar-refractivity contribution in [2.75, 3.05) is 11.1 Å². The first-order chi connectivity index (χ1) is 9.69. The Bertz CT molecular complexity index is 760. The Hall–Kier alpha value is -2.56. The first-order valence-electron chi connectivity index (χ1n) is 6.61. The normalized spacial score (nSPS) is 10.9. The molecule has 5 heteroatoms. The monoisotopic (exact) mass is 267 g/mol. The SMILES string of the molecule is CCc1nn(C)cc1Nc1ccc(N)c2ncccc12. The molecule has 0 atom stereocenters. The summed E-state index contributed by atoms with van der Waals surface area (Å²) in [5, 5.41) is 8.88. The van der Waals surface area contributed by atoms with Crippen LogP contribution in [0.25, 0.3) is 10.9 Å². The van der Waals surface area contributed by atoms with Crippen LogP contribution in [0.2, 0.25) is 0 Å². The Morgan fingerprint density at radius 3 is 2.90 bits per heavy atom. The molecule has 0 amide bonds. The lowest BCUT2D eigenvalue weighted by Crippen LogP contribution is -1.96. The maximum atomic E-state index is 5.97. The Morgan fingerprint density at radius 1 is 1.25 bits per heavy atom. The van der Waals surface area contributed by atoms with Gasteiger partial charge in [-0.25, -0.2) is 0 Å². The van der Waals surface area contributed by atoms with Crippen molar-refractivity contribution in [3.63, 3.8) is 0 Å². The first-order valence-corrected chi connectivity index (χ1v) is 6.61. The van der Waals surface area contributed by atoms with E-state index in [9.17, 15) is 0 Å². The highest BCUT2D eigenvalue weighted by Crippen LogP contribution is 2.29. The zero-order chi connectivity index (χ0) is 14.1. The summed E-state index contributed by atoms with van der Waals surface area (Å²) in [6.07, 6.45) is 4.62. The first kappa shape index (κ1) is 12.5. The van der Waals surface area contributed by atoms with E-state index in [0.717, 1.165) is 34.4 Å². The van der Waals surface area contributed by atoms with Gasteiger partial charge in [-0.05, 0) is 30.7 Å². The lowest BCUT2D eigenvalue weighted by atomic mass is 10.1. The van der Waals surface area contributed by atoms with Crippen LogP contribution in [0.4, 0.5) is 17.1 Å². The Kier molecular flexibility index (Phi) is 3.02. The molecule has 0 fully saturated rings. The molecule has 3 N–H and O–H groups in total. The summed E-state index contributed by atoms with van der Waals surface area (Å²) in [6.45, 7) is 2.09. The second kappa shape index (κ2) is 4.85. The van der Waals surface area contributed by atoms with Crippen LogP contribution >= 0.6 is 0 Å². The molecule has 2 aromatic heterocycles. The van der Waals surface area contributed by atoms with Gasteiger partial charge in [0.25, 0.3) is 0 Å². The molecule has 0 aliphatic heterocycles. The van der Waals surface area contributed by atoms with Gasteiger partial charge in [0.15, 0.2) is 0 Å². The fraction of sp³-hybridized carbons (Fsp3) is 0.200. The zero-order valence-corrected chi connectivity index (χ0v) is 11.6. The summed E-state index contributed by atoms with van der Waals surface area (Å²) >= 11 is 0. The number of anilines is 3. The summed E-state index contributed by atoms with van der Waals surface area (Å²) in [5.74, 6) is 0. The molecule has 1 aromatic carbocycles.